The molecule has 0 bridgehead atoms. The molecular formula is C38H46N2O5S. The number of allylic oxidation sites excluding steroid dienone is 2. The van der Waals surface area contributed by atoms with Crippen LogP contribution in [0.1, 0.15) is 36.0 Å². The van der Waals surface area contributed by atoms with Gasteiger partial charge in [0.15, 0.2) is 0 Å². The highest BCUT2D eigenvalue weighted by molar-refractivity contribution is 7.98. The maximum atomic E-state index is 13.5. The molecule has 0 aliphatic heterocycles. The Morgan fingerprint density at radius 2 is 1.28 bits per heavy atom. The van der Waals surface area contributed by atoms with E-state index in [-0.39, 0.29) is 43.3 Å². The van der Waals surface area contributed by atoms with Crippen molar-refractivity contribution >= 4 is 29.5 Å². The van der Waals surface area contributed by atoms with Crippen molar-refractivity contribution in [3.63, 3.8) is 0 Å². The van der Waals surface area contributed by atoms with E-state index in [1.54, 1.807) is 23.9 Å². The van der Waals surface area contributed by atoms with Crippen LogP contribution in [0.4, 0.5) is 0 Å². The van der Waals surface area contributed by atoms with Gasteiger partial charge in [0.05, 0.1) is 30.5 Å². The number of rotatable bonds is 21. The Balaban J connectivity index is 1.63. The molecular weight excluding hydrogens is 596 g/mol. The van der Waals surface area contributed by atoms with Crippen LogP contribution in [0.25, 0.3) is 0 Å². The van der Waals surface area contributed by atoms with Crippen molar-refractivity contribution in [2.75, 3.05) is 19.0 Å². The van der Waals surface area contributed by atoms with Gasteiger partial charge >= 0.3 is 5.97 Å². The molecule has 7 nitrogen and oxygen atoms in total. The fourth-order valence-corrected chi connectivity index (χ4v) is 6.07. The van der Waals surface area contributed by atoms with Gasteiger partial charge in [-0.1, -0.05) is 103 Å². The summed E-state index contributed by atoms with van der Waals surface area (Å²) in [5.74, 6) is -0.796. The molecule has 0 unspecified atom stereocenters. The Labute approximate surface area is 277 Å². The molecule has 8 heteroatoms. The average molecular weight is 643 g/mol. The molecule has 3 aromatic rings. The molecule has 46 heavy (non-hydrogen) atoms. The normalized spacial score (nSPS) is 13.4. The zero-order valence-corrected chi connectivity index (χ0v) is 27.2. The third-order valence-electron chi connectivity index (χ3n) is 7.48. The monoisotopic (exact) mass is 642 g/mol. The van der Waals surface area contributed by atoms with E-state index in [0.29, 0.717) is 31.4 Å². The van der Waals surface area contributed by atoms with Gasteiger partial charge < -0.3 is 20.5 Å². The van der Waals surface area contributed by atoms with Gasteiger partial charge in [-0.3, -0.25) is 14.4 Å². The lowest BCUT2D eigenvalue weighted by atomic mass is 9.96. The van der Waals surface area contributed by atoms with Gasteiger partial charge in [-0.05, 0) is 42.4 Å². The van der Waals surface area contributed by atoms with Crippen molar-refractivity contribution in [3.8, 4) is 0 Å². The first-order valence-electron chi connectivity index (χ1n) is 15.7. The molecule has 244 valence electrons. The van der Waals surface area contributed by atoms with Gasteiger partial charge in [0.1, 0.15) is 6.61 Å². The van der Waals surface area contributed by atoms with Gasteiger partial charge in [0.2, 0.25) is 11.8 Å². The van der Waals surface area contributed by atoms with Gasteiger partial charge in [-0.15, -0.1) is 13.2 Å². The number of hydrogen-bond donors (Lipinski definition) is 3. The highest BCUT2D eigenvalue weighted by Gasteiger charge is 2.26. The zero-order valence-electron chi connectivity index (χ0n) is 26.4. The molecule has 2 amide bonds. The van der Waals surface area contributed by atoms with Crippen LogP contribution in [0.15, 0.2) is 116 Å². The summed E-state index contributed by atoms with van der Waals surface area (Å²) in [5.41, 5.74) is 3.18. The number of aliphatic hydroxyl groups is 1. The summed E-state index contributed by atoms with van der Waals surface area (Å²) < 4.78 is 5.80. The van der Waals surface area contributed by atoms with Crippen LogP contribution in [0, 0.1) is 11.8 Å². The lowest BCUT2D eigenvalue weighted by Crippen LogP contribution is -2.46. The fourth-order valence-electron chi connectivity index (χ4n) is 5.06. The van der Waals surface area contributed by atoms with Gasteiger partial charge in [0.25, 0.3) is 0 Å². The molecule has 3 aromatic carbocycles. The van der Waals surface area contributed by atoms with E-state index in [0.717, 1.165) is 22.4 Å². The summed E-state index contributed by atoms with van der Waals surface area (Å²) in [7, 11) is 0. The standard InChI is InChI=1S/C38H46N2O5S/c1-3-14-32(24-36(42)39-34(25-41)23-30-18-10-6-11-19-30)37(43)40-35(28-46-27-31-20-12-7-13-21-31)26-45-38(44)33(15-4-2)22-29-16-8-5-9-17-29/h3-13,16-21,32-35,41H,1-2,14-15,22-28H2,(H,39,42)(H,40,43)/t32-,33-,34+,35-/m1/s1. The molecule has 0 radical (unpaired) electrons. The molecule has 3 rings (SSSR count). The maximum Gasteiger partial charge on any atom is 0.309 e. The van der Waals surface area contributed by atoms with Gasteiger partial charge in [-0.2, -0.15) is 11.8 Å². The van der Waals surface area contributed by atoms with Crippen LogP contribution in [-0.2, 0) is 37.7 Å². The number of amides is 2. The Morgan fingerprint density at radius 3 is 1.85 bits per heavy atom. The Morgan fingerprint density at radius 1 is 0.739 bits per heavy atom. The number of hydrogen-bond acceptors (Lipinski definition) is 6. The first-order valence-corrected chi connectivity index (χ1v) is 16.9. The molecule has 0 spiro atoms. The van der Waals surface area contributed by atoms with E-state index in [1.165, 1.54) is 0 Å². The lowest BCUT2D eigenvalue weighted by molar-refractivity contribution is -0.149. The van der Waals surface area contributed by atoms with Gasteiger partial charge in [0, 0.05) is 17.9 Å². The van der Waals surface area contributed by atoms with Crippen molar-refractivity contribution in [2.24, 2.45) is 11.8 Å². The molecule has 0 saturated heterocycles. The van der Waals surface area contributed by atoms with Crippen molar-refractivity contribution in [1.82, 2.24) is 10.6 Å². The summed E-state index contributed by atoms with van der Waals surface area (Å²) in [6, 6.07) is 28.4. The molecule has 0 aliphatic carbocycles. The summed E-state index contributed by atoms with van der Waals surface area (Å²) in [5, 5.41) is 15.8. The number of aliphatic hydroxyl groups excluding tert-OH is 1. The largest absolute Gasteiger partial charge is 0.463 e. The molecule has 0 saturated carbocycles. The predicted octanol–water partition coefficient (Wildman–Crippen LogP) is 5.69. The van der Waals surface area contributed by atoms with Crippen molar-refractivity contribution in [1.29, 1.82) is 0 Å². The van der Waals surface area contributed by atoms with Crippen molar-refractivity contribution in [2.45, 2.75) is 49.9 Å². The second-order valence-electron chi connectivity index (χ2n) is 11.3. The molecule has 0 aliphatic rings. The minimum Gasteiger partial charge on any atom is -0.463 e. The van der Waals surface area contributed by atoms with Crippen LogP contribution < -0.4 is 10.6 Å². The predicted molar refractivity (Wildman–Crippen MR) is 186 cm³/mol. The SMILES string of the molecule is C=CC[C@H](CC(=O)N[C@H](CO)Cc1ccccc1)C(=O)N[C@H](COC(=O)[C@H](CC=C)Cc1ccccc1)CSCc1ccccc1. The summed E-state index contributed by atoms with van der Waals surface area (Å²) >= 11 is 1.63. The molecule has 0 heterocycles. The Bertz CT molecular complexity index is 1350. The van der Waals surface area contributed by atoms with E-state index in [2.05, 4.69) is 23.8 Å². The van der Waals surface area contributed by atoms with Gasteiger partial charge in [-0.25, -0.2) is 0 Å². The van der Waals surface area contributed by atoms with Crippen molar-refractivity contribution in [3.05, 3.63) is 133 Å². The lowest BCUT2D eigenvalue weighted by Gasteiger charge is -2.24. The Kier molecular flexibility index (Phi) is 16.4. The number of esters is 1. The van der Waals surface area contributed by atoms with Crippen LogP contribution in [-0.4, -0.2) is 53.9 Å². The van der Waals surface area contributed by atoms with E-state index in [1.807, 2.05) is 91.0 Å². The second kappa shape index (κ2) is 20.8. The van der Waals surface area contributed by atoms with E-state index < -0.39 is 18.0 Å². The number of ether oxygens (including phenoxy) is 1. The third kappa shape index (κ3) is 13.5. The topological polar surface area (TPSA) is 105 Å². The number of thioether (sulfide) groups is 1. The highest BCUT2D eigenvalue weighted by Crippen LogP contribution is 2.18. The third-order valence-corrected chi connectivity index (χ3v) is 8.65. The smallest absolute Gasteiger partial charge is 0.309 e. The first kappa shape index (κ1) is 36.3. The molecule has 0 aromatic heterocycles. The molecule has 0 fully saturated rings. The van der Waals surface area contributed by atoms with E-state index >= 15 is 0 Å². The number of carbonyl (C=O) groups is 3. The van der Waals surface area contributed by atoms with E-state index in [4.69, 9.17) is 4.74 Å². The molecule has 4 atom stereocenters. The minimum atomic E-state index is -0.669. The molecule has 3 N–H and O–H groups in total. The van der Waals surface area contributed by atoms with Crippen molar-refractivity contribution < 1.29 is 24.2 Å². The quantitative estimate of drug-likeness (QED) is 0.102. The fraction of sp³-hybridized carbons (Fsp3) is 0.342. The highest BCUT2D eigenvalue weighted by atomic mass is 32.2. The number of benzene rings is 3. The van der Waals surface area contributed by atoms with Crippen LogP contribution in [0.5, 0.6) is 0 Å². The van der Waals surface area contributed by atoms with Crippen LogP contribution in [0.2, 0.25) is 0 Å². The Hall–Kier alpha value is -4.14. The zero-order chi connectivity index (χ0) is 33.0. The minimum absolute atomic E-state index is 0.00542. The van der Waals surface area contributed by atoms with Crippen LogP contribution in [0.3, 0.4) is 0 Å². The average Bonchev–Trinajstić information content (AvgIpc) is 3.07. The maximum absolute atomic E-state index is 13.5. The number of carbonyl (C=O) groups excluding carboxylic acids is 3. The summed E-state index contributed by atoms with van der Waals surface area (Å²) in [6.07, 6.45) is 5.05. The van der Waals surface area contributed by atoms with Crippen LogP contribution >= 0.6 is 11.8 Å². The second-order valence-corrected chi connectivity index (χ2v) is 12.3. The van der Waals surface area contributed by atoms with E-state index in [9.17, 15) is 19.5 Å². The summed E-state index contributed by atoms with van der Waals surface area (Å²) in [4.78, 5) is 39.7. The summed E-state index contributed by atoms with van der Waals surface area (Å²) in [6.45, 7) is 7.38. The number of nitrogens with one attached hydrogen (secondary N) is 2. The first-order chi connectivity index (χ1) is 22.4.